The van der Waals surface area contributed by atoms with Gasteiger partial charge in [-0.25, -0.2) is 0 Å². The molecule has 1 saturated heterocycles. The molecular formula is C23H29IO5. The summed E-state index contributed by atoms with van der Waals surface area (Å²) >= 11 is 2.39. The van der Waals surface area contributed by atoms with E-state index in [1.54, 1.807) is 7.11 Å². The number of hydrogen-bond donors (Lipinski definition) is 0. The zero-order chi connectivity index (χ0) is 20.3. The van der Waals surface area contributed by atoms with Crippen LogP contribution in [0.5, 0.6) is 0 Å². The van der Waals surface area contributed by atoms with E-state index in [2.05, 4.69) is 46.9 Å². The summed E-state index contributed by atoms with van der Waals surface area (Å²) in [7, 11) is 1.65. The van der Waals surface area contributed by atoms with E-state index in [9.17, 15) is 0 Å². The minimum Gasteiger partial charge on any atom is -0.382 e. The van der Waals surface area contributed by atoms with Gasteiger partial charge in [0, 0.05) is 18.0 Å². The third-order valence-corrected chi connectivity index (χ3v) is 5.82. The molecule has 0 amide bonds. The zero-order valence-electron chi connectivity index (χ0n) is 16.7. The van der Waals surface area contributed by atoms with Gasteiger partial charge in [0.1, 0.15) is 19.0 Å². The van der Waals surface area contributed by atoms with Crippen molar-refractivity contribution in [1.29, 1.82) is 0 Å². The maximum Gasteiger partial charge on any atom is 0.161 e. The number of methoxy groups -OCH3 is 1. The van der Waals surface area contributed by atoms with Crippen LogP contribution in [0.15, 0.2) is 60.7 Å². The largest absolute Gasteiger partial charge is 0.382 e. The standard InChI is InChI=1S/C23H29IO5/c1-25-14-15-26-17-27-21-13-12-20(16-24)28-22(18-8-4-2-5-9-18)23(29-21)19-10-6-3-7-11-19/h2-11,20-23H,12-17H2,1H3/t20-,21-,22-,23-/m1/s1. The zero-order valence-corrected chi connectivity index (χ0v) is 18.9. The normalized spacial score (nSPS) is 25.3. The summed E-state index contributed by atoms with van der Waals surface area (Å²) in [5.74, 6) is 0. The Hall–Kier alpha value is -1.03. The summed E-state index contributed by atoms with van der Waals surface area (Å²) in [6.45, 7) is 1.22. The third kappa shape index (κ3) is 7.01. The number of hydrogen-bond acceptors (Lipinski definition) is 5. The molecule has 0 aliphatic carbocycles. The Morgan fingerprint density at radius 1 is 0.862 bits per heavy atom. The summed E-state index contributed by atoms with van der Waals surface area (Å²) in [5.41, 5.74) is 2.18. The van der Waals surface area contributed by atoms with Gasteiger partial charge in [0.05, 0.1) is 19.3 Å². The lowest BCUT2D eigenvalue weighted by Gasteiger charge is -2.36. The fourth-order valence-corrected chi connectivity index (χ4v) is 3.97. The highest BCUT2D eigenvalue weighted by molar-refractivity contribution is 14.1. The molecule has 0 aromatic heterocycles. The van der Waals surface area contributed by atoms with Crippen molar-refractivity contribution in [3.63, 3.8) is 0 Å². The minimum absolute atomic E-state index is 0.136. The summed E-state index contributed by atoms with van der Waals surface area (Å²) in [4.78, 5) is 0. The van der Waals surface area contributed by atoms with Crippen molar-refractivity contribution in [3.05, 3.63) is 71.8 Å². The molecule has 158 valence electrons. The number of halogens is 1. The maximum atomic E-state index is 6.56. The maximum absolute atomic E-state index is 6.56. The molecule has 1 aliphatic heterocycles. The third-order valence-electron chi connectivity index (χ3n) is 4.83. The molecule has 2 aromatic carbocycles. The van der Waals surface area contributed by atoms with Crippen molar-refractivity contribution in [1.82, 2.24) is 0 Å². The van der Waals surface area contributed by atoms with E-state index >= 15 is 0 Å². The first kappa shape index (κ1) is 22.7. The lowest BCUT2D eigenvalue weighted by molar-refractivity contribution is -0.253. The topological polar surface area (TPSA) is 46.2 Å². The van der Waals surface area contributed by atoms with Crippen molar-refractivity contribution in [2.24, 2.45) is 0 Å². The van der Waals surface area contributed by atoms with Gasteiger partial charge in [0.2, 0.25) is 0 Å². The molecule has 0 bridgehead atoms. The lowest BCUT2D eigenvalue weighted by atomic mass is 9.96. The minimum atomic E-state index is -0.358. The molecule has 3 rings (SSSR count). The van der Waals surface area contributed by atoms with Gasteiger partial charge in [-0.3, -0.25) is 0 Å². The van der Waals surface area contributed by atoms with Crippen molar-refractivity contribution in [2.75, 3.05) is 31.5 Å². The van der Waals surface area contributed by atoms with Crippen molar-refractivity contribution >= 4 is 22.6 Å². The summed E-state index contributed by atoms with van der Waals surface area (Å²) in [6, 6.07) is 20.5. The average Bonchev–Trinajstić information content (AvgIpc) is 2.76. The van der Waals surface area contributed by atoms with Crippen LogP contribution in [-0.4, -0.2) is 43.9 Å². The highest BCUT2D eigenvalue weighted by Gasteiger charge is 2.34. The van der Waals surface area contributed by atoms with Gasteiger partial charge in [-0.05, 0) is 17.5 Å². The van der Waals surface area contributed by atoms with Crippen LogP contribution in [0.25, 0.3) is 0 Å². The molecule has 1 heterocycles. The number of benzene rings is 2. The molecule has 1 aliphatic rings. The van der Waals surface area contributed by atoms with E-state index in [-0.39, 0.29) is 31.4 Å². The van der Waals surface area contributed by atoms with E-state index in [4.69, 9.17) is 23.7 Å². The van der Waals surface area contributed by atoms with Crippen LogP contribution in [-0.2, 0) is 23.7 Å². The number of ether oxygens (including phenoxy) is 5. The molecule has 6 heteroatoms. The molecule has 0 radical (unpaired) electrons. The summed E-state index contributed by atoms with van der Waals surface area (Å²) < 4.78 is 30.4. The van der Waals surface area contributed by atoms with Gasteiger partial charge in [-0.1, -0.05) is 83.3 Å². The Kier molecular flexibility index (Phi) is 9.85. The second-order valence-electron chi connectivity index (χ2n) is 6.90. The van der Waals surface area contributed by atoms with E-state index in [1.807, 2.05) is 36.4 Å². The first-order valence-electron chi connectivity index (χ1n) is 9.97. The molecule has 4 atom stereocenters. The summed E-state index contributed by atoms with van der Waals surface area (Å²) in [5, 5.41) is 0. The van der Waals surface area contributed by atoms with Gasteiger partial charge in [0.15, 0.2) is 6.29 Å². The highest BCUT2D eigenvalue weighted by atomic mass is 127. The Morgan fingerprint density at radius 2 is 1.48 bits per heavy atom. The fourth-order valence-electron chi connectivity index (χ4n) is 3.33. The van der Waals surface area contributed by atoms with E-state index in [0.29, 0.717) is 13.2 Å². The predicted octanol–water partition coefficient (Wildman–Crippen LogP) is 5.06. The molecule has 0 saturated carbocycles. The fraction of sp³-hybridized carbons (Fsp3) is 0.478. The van der Waals surface area contributed by atoms with Crippen LogP contribution in [0, 0.1) is 0 Å². The Labute approximate surface area is 186 Å². The van der Waals surface area contributed by atoms with Gasteiger partial charge >= 0.3 is 0 Å². The molecule has 0 unspecified atom stereocenters. The van der Waals surface area contributed by atoms with E-state index < -0.39 is 0 Å². The number of alkyl halides is 1. The van der Waals surface area contributed by atoms with Crippen LogP contribution >= 0.6 is 22.6 Å². The highest BCUT2D eigenvalue weighted by Crippen LogP contribution is 2.40. The first-order chi connectivity index (χ1) is 14.3. The van der Waals surface area contributed by atoms with Crippen LogP contribution in [0.3, 0.4) is 0 Å². The van der Waals surface area contributed by atoms with Crippen LogP contribution in [0.2, 0.25) is 0 Å². The smallest absolute Gasteiger partial charge is 0.161 e. The SMILES string of the molecule is COCCOCO[C@H]1CC[C@H](CI)O[C@H](c2ccccc2)[C@@H](c2ccccc2)O1. The first-order valence-corrected chi connectivity index (χ1v) is 11.5. The van der Waals surface area contributed by atoms with Crippen molar-refractivity contribution in [2.45, 2.75) is 37.4 Å². The molecule has 2 aromatic rings. The second kappa shape index (κ2) is 12.6. The van der Waals surface area contributed by atoms with Gasteiger partial charge in [-0.15, -0.1) is 0 Å². The van der Waals surface area contributed by atoms with Gasteiger partial charge in [0.25, 0.3) is 0 Å². The van der Waals surface area contributed by atoms with E-state index in [0.717, 1.165) is 28.4 Å². The van der Waals surface area contributed by atoms with Gasteiger partial charge < -0.3 is 23.7 Å². The monoisotopic (exact) mass is 512 g/mol. The predicted molar refractivity (Wildman–Crippen MR) is 120 cm³/mol. The average molecular weight is 512 g/mol. The van der Waals surface area contributed by atoms with Crippen LogP contribution in [0.1, 0.15) is 36.2 Å². The molecule has 29 heavy (non-hydrogen) atoms. The van der Waals surface area contributed by atoms with E-state index in [1.165, 1.54) is 0 Å². The Bertz CT molecular complexity index is 684. The van der Waals surface area contributed by atoms with Crippen molar-refractivity contribution < 1.29 is 23.7 Å². The number of rotatable bonds is 9. The van der Waals surface area contributed by atoms with Crippen LogP contribution < -0.4 is 0 Å². The Balaban J connectivity index is 1.81. The molecule has 0 N–H and O–H groups in total. The quantitative estimate of drug-likeness (QED) is 0.204. The molecule has 0 spiro atoms. The summed E-state index contributed by atoms with van der Waals surface area (Å²) in [6.07, 6.45) is 0.926. The molecule has 1 fully saturated rings. The van der Waals surface area contributed by atoms with Crippen LogP contribution in [0.4, 0.5) is 0 Å². The lowest BCUT2D eigenvalue weighted by Crippen LogP contribution is -2.33. The second-order valence-corrected chi connectivity index (χ2v) is 7.78. The van der Waals surface area contributed by atoms with Crippen molar-refractivity contribution in [3.8, 4) is 0 Å². The van der Waals surface area contributed by atoms with Gasteiger partial charge in [-0.2, -0.15) is 0 Å². The molecular weight excluding hydrogens is 483 g/mol. The molecule has 5 nitrogen and oxygen atoms in total. The Morgan fingerprint density at radius 3 is 2.07 bits per heavy atom.